The van der Waals surface area contributed by atoms with Crippen LogP contribution in [-0.2, 0) is 16.0 Å². The number of nitrogens with one attached hydrogen (secondary N) is 1. The minimum atomic E-state index is -0.277. The summed E-state index contributed by atoms with van der Waals surface area (Å²) in [5.74, 6) is 1.03. The largest absolute Gasteiger partial charge is 0.486 e. The molecule has 2 amide bonds. The van der Waals surface area contributed by atoms with E-state index in [-0.39, 0.29) is 11.8 Å². The lowest BCUT2D eigenvalue weighted by Crippen LogP contribution is -2.36. The summed E-state index contributed by atoms with van der Waals surface area (Å²) in [4.78, 5) is 26.1. The normalized spacial score (nSPS) is 14.9. The van der Waals surface area contributed by atoms with Gasteiger partial charge < -0.3 is 20.5 Å². The number of ether oxygens (including phenoxy) is 2. The van der Waals surface area contributed by atoms with E-state index in [9.17, 15) is 9.59 Å². The van der Waals surface area contributed by atoms with Gasteiger partial charge in [0.05, 0.1) is 17.9 Å². The third-order valence-electron chi connectivity index (χ3n) is 7.06. The monoisotopic (exact) mass is 533 g/mol. The summed E-state index contributed by atoms with van der Waals surface area (Å²) >= 11 is 0. The van der Waals surface area contributed by atoms with Crippen molar-refractivity contribution in [3.8, 4) is 11.5 Å². The van der Waals surface area contributed by atoms with Crippen LogP contribution in [0.25, 0.3) is 5.70 Å². The number of hydrazone groups is 1. The molecule has 1 saturated heterocycles. The van der Waals surface area contributed by atoms with Crippen LogP contribution in [0, 0.1) is 0 Å². The van der Waals surface area contributed by atoms with Gasteiger partial charge >= 0.3 is 0 Å². The first-order valence-electron chi connectivity index (χ1n) is 13.7. The van der Waals surface area contributed by atoms with Gasteiger partial charge in [-0.15, -0.1) is 0 Å². The van der Waals surface area contributed by atoms with Crippen molar-refractivity contribution in [2.75, 3.05) is 43.2 Å². The van der Waals surface area contributed by atoms with Crippen LogP contribution in [0.4, 0.5) is 11.4 Å². The molecule has 2 heterocycles. The van der Waals surface area contributed by atoms with Crippen LogP contribution < -0.4 is 25.5 Å². The summed E-state index contributed by atoms with van der Waals surface area (Å²) < 4.78 is 11.4. The number of hydrogen-bond donors (Lipinski definition) is 2. The molecular weight excluding hydrogens is 494 g/mol. The highest BCUT2D eigenvalue weighted by atomic mass is 16.6. The maximum absolute atomic E-state index is 12.8. The van der Waals surface area contributed by atoms with Gasteiger partial charge in [-0.2, -0.15) is 5.10 Å². The zero-order valence-electron chi connectivity index (χ0n) is 22.6. The molecule has 9 heteroatoms. The predicted octanol–water partition coefficient (Wildman–Crippen LogP) is 4.56. The Bertz CT molecular complexity index is 1190. The van der Waals surface area contributed by atoms with Gasteiger partial charge in [-0.3, -0.25) is 14.5 Å². The number of carbonyl (C=O) groups excluding carboxylic acids is 2. The Balaban J connectivity index is 1.54. The molecule has 39 heavy (non-hydrogen) atoms. The van der Waals surface area contributed by atoms with Crippen molar-refractivity contribution in [3.63, 3.8) is 0 Å². The van der Waals surface area contributed by atoms with Gasteiger partial charge in [0.15, 0.2) is 11.5 Å². The number of benzene rings is 2. The van der Waals surface area contributed by atoms with E-state index in [0.717, 1.165) is 68.4 Å². The molecule has 1 fully saturated rings. The van der Waals surface area contributed by atoms with E-state index >= 15 is 0 Å². The number of fused-ring (bicyclic) bond motifs is 1. The molecule has 0 atom stereocenters. The molecule has 3 N–H and O–H groups in total. The third-order valence-corrected chi connectivity index (χ3v) is 7.06. The quantitative estimate of drug-likeness (QED) is 0.222. The van der Waals surface area contributed by atoms with Crippen molar-refractivity contribution < 1.29 is 19.1 Å². The second-order valence-electron chi connectivity index (χ2n) is 10.0. The first-order chi connectivity index (χ1) is 18.9. The van der Waals surface area contributed by atoms with Gasteiger partial charge in [0.1, 0.15) is 13.2 Å². The Hall–Kier alpha value is -3.85. The number of hydrogen-bond acceptors (Lipinski definition) is 7. The minimum absolute atomic E-state index is 0.0294. The molecule has 0 aromatic heterocycles. The zero-order valence-corrected chi connectivity index (χ0v) is 22.6. The van der Waals surface area contributed by atoms with Gasteiger partial charge in [-0.1, -0.05) is 25.5 Å². The maximum atomic E-state index is 12.8. The smallest absolute Gasteiger partial charge is 0.238 e. The number of nitrogens with zero attached hydrogens (tertiary/aromatic N) is 3. The SMILES string of the molecule is C=NN(C(=C)c1cc(NC(=O)CN2CCCCC2)ccc1CCCCCC(N)=O)c1ccc2c(c1)OCCO2. The Morgan fingerprint density at radius 3 is 2.51 bits per heavy atom. The van der Waals surface area contributed by atoms with Gasteiger partial charge in [-0.25, -0.2) is 5.01 Å². The summed E-state index contributed by atoms with van der Waals surface area (Å²) in [6, 6.07) is 11.5. The molecule has 0 aliphatic carbocycles. The van der Waals surface area contributed by atoms with E-state index in [2.05, 4.69) is 28.6 Å². The lowest BCUT2D eigenvalue weighted by molar-refractivity contribution is -0.118. The Kier molecular flexibility index (Phi) is 9.97. The predicted molar refractivity (Wildman–Crippen MR) is 155 cm³/mol. The van der Waals surface area contributed by atoms with Crippen molar-refractivity contribution in [2.24, 2.45) is 10.8 Å². The fourth-order valence-corrected chi connectivity index (χ4v) is 5.05. The van der Waals surface area contributed by atoms with Crippen LogP contribution in [0.15, 0.2) is 48.1 Å². The van der Waals surface area contributed by atoms with E-state index in [0.29, 0.717) is 49.1 Å². The van der Waals surface area contributed by atoms with Crippen LogP contribution >= 0.6 is 0 Å². The van der Waals surface area contributed by atoms with Crippen molar-refractivity contribution in [2.45, 2.75) is 51.4 Å². The van der Waals surface area contributed by atoms with E-state index < -0.39 is 0 Å². The molecule has 9 nitrogen and oxygen atoms in total. The first-order valence-corrected chi connectivity index (χ1v) is 13.7. The highest BCUT2D eigenvalue weighted by Crippen LogP contribution is 2.37. The molecule has 0 spiro atoms. The summed E-state index contributed by atoms with van der Waals surface area (Å²) in [6.45, 7) is 11.5. The third kappa shape index (κ3) is 7.83. The fourth-order valence-electron chi connectivity index (χ4n) is 5.05. The zero-order chi connectivity index (χ0) is 27.6. The molecule has 208 valence electrons. The second kappa shape index (κ2) is 13.8. The van der Waals surface area contributed by atoms with E-state index in [1.165, 1.54) is 6.42 Å². The average molecular weight is 534 g/mol. The standard InChI is InChI=1S/C30H39N5O4/c1-22(35(32-2)25-13-14-27-28(20-25)39-18-17-38-27)26-19-24(33-30(37)21-34-15-7-4-8-16-34)12-11-23(26)9-5-3-6-10-29(31)36/h11-14,19-20H,1-10,15-18,21H2,(H2,31,36)(H,33,37). The van der Waals surface area contributed by atoms with Crippen LogP contribution in [-0.4, -0.2) is 56.3 Å². The molecule has 0 saturated carbocycles. The lowest BCUT2D eigenvalue weighted by atomic mass is 9.97. The van der Waals surface area contributed by atoms with Crippen LogP contribution in [0.1, 0.15) is 56.1 Å². The van der Waals surface area contributed by atoms with Crippen molar-refractivity contribution in [3.05, 3.63) is 54.1 Å². The molecule has 0 unspecified atom stereocenters. The molecule has 0 bridgehead atoms. The summed E-state index contributed by atoms with van der Waals surface area (Å²) in [6.07, 6.45) is 7.19. The number of nitrogens with two attached hydrogens (primary N) is 1. The van der Waals surface area contributed by atoms with E-state index in [1.54, 1.807) is 5.01 Å². The second-order valence-corrected chi connectivity index (χ2v) is 10.0. The highest BCUT2D eigenvalue weighted by Gasteiger charge is 2.20. The Morgan fingerprint density at radius 2 is 1.77 bits per heavy atom. The molecule has 2 aliphatic rings. The molecular formula is C30H39N5O4. The van der Waals surface area contributed by atoms with Crippen molar-refractivity contribution in [1.29, 1.82) is 0 Å². The average Bonchev–Trinajstić information content (AvgIpc) is 2.94. The van der Waals surface area contributed by atoms with Gasteiger partial charge in [-0.05, 0) is 75.0 Å². The number of piperidine rings is 1. The highest BCUT2D eigenvalue weighted by molar-refractivity contribution is 5.93. The van der Waals surface area contributed by atoms with Crippen molar-refractivity contribution in [1.82, 2.24) is 4.90 Å². The van der Waals surface area contributed by atoms with Crippen LogP contribution in [0.3, 0.4) is 0 Å². The summed E-state index contributed by atoms with van der Waals surface area (Å²) in [7, 11) is 0. The maximum Gasteiger partial charge on any atom is 0.238 e. The number of anilines is 2. The summed E-state index contributed by atoms with van der Waals surface area (Å²) in [5.41, 5.74) is 9.29. The number of rotatable bonds is 13. The van der Waals surface area contributed by atoms with E-state index in [4.69, 9.17) is 15.2 Å². The number of carbonyl (C=O) groups is 2. The van der Waals surface area contributed by atoms with Gasteiger partial charge in [0.25, 0.3) is 0 Å². The fraction of sp³-hybridized carbons (Fsp3) is 0.433. The van der Waals surface area contributed by atoms with Crippen molar-refractivity contribution >= 4 is 35.6 Å². The Morgan fingerprint density at radius 1 is 1.00 bits per heavy atom. The number of aryl methyl sites for hydroxylation is 1. The van der Waals surface area contributed by atoms with Gasteiger partial charge in [0, 0.05) is 30.5 Å². The number of likely N-dealkylation sites (tertiary alicyclic amines) is 1. The van der Waals surface area contributed by atoms with Crippen LogP contribution in [0.5, 0.6) is 11.5 Å². The molecule has 2 aliphatic heterocycles. The lowest BCUT2D eigenvalue weighted by Gasteiger charge is -2.26. The molecule has 4 rings (SSSR count). The summed E-state index contributed by atoms with van der Waals surface area (Å²) in [5, 5.41) is 9.00. The number of amides is 2. The first kappa shape index (κ1) is 28.2. The van der Waals surface area contributed by atoms with Crippen LogP contribution in [0.2, 0.25) is 0 Å². The number of unbranched alkanes of at least 4 members (excludes halogenated alkanes) is 2. The Labute approximate surface area is 230 Å². The van der Waals surface area contributed by atoms with Gasteiger partial charge in [0.2, 0.25) is 11.8 Å². The number of primary amides is 1. The minimum Gasteiger partial charge on any atom is -0.486 e. The van der Waals surface area contributed by atoms with E-state index in [1.807, 2.05) is 36.4 Å². The molecule has 2 aromatic rings. The molecule has 2 aromatic carbocycles. The molecule has 0 radical (unpaired) electrons. The topological polar surface area (TPSA) is 109 Å².